The Morgan fingerprint density at radius 1 is 1.03 bits per heavy atom. The van der Waals surface area contributed by atoms with Crippen molar-refractivity contribution >= 4 is 11.9 Å². The number of aliphatic hydroxyl groups is 1. The summed E-state index contributed by atoms with van der Waals surface area (Å²) >= 11 is 0. The molecule has 2 heterocycles. The summed E-state index contributed by atoms with van der Waals surface area (Å²) in [4.78, 5) is 26.5. The molecule has 1 amide bonds. The van der Waals surface area contributed by atoms with E-state index in [9.17, 15) is 14.7 Å². The molecular formula is C30H31NO7. The maximum atomic E-state index is 13.5. The largest absolute Gasteiger partial charge is 0.493 e. The van der Waals surface area contributed by atoms with Gasteiger partial charge in [-0.1, -0.05) is 30.3 Å². The minimum Gasteiger partial charge on any atom is -0.493 e. The number of furan rings is 1. The first-order valence-electron chi connectivity index (χ1n) is 13.5. The van der Waals surface area contributed by atoms with Crippen molar-refractivity contribution in [3.63, 3.8) is 0 Å². The molecule has 0 radical (unpaired) electrons. The van der Waals surface area contributed by atoms with Gasteiger partial charge in [0, 0.05) is 35.7 Å². The van der Waals surface area contributed by atoms with Crippen molar-refractivity contribution in [3.8, 4) is 17.1 Å². The van der Waals surface area contributed by atoms with E-state index in [2.05, 4.69) is 0 Å². The SMILES string of the molecule is [2H]C(c1ccccc1OCCCCCC1OC(=O)C=C(O)O1)N(C(=O)c1ccc(-c2ccco2)cc1)C1CC1. The monoisotopic (exact) mass is 518 g/mol. The van der Waals surface area contributed by atoms with Crippen molar-refractivity contribution < 1.29 is 34.7 Å². The van der Waals surface area contributed by atoms with E-state index in [0.29, 0.717) is 29.9 Å². The second-order valence-corrected chi connectivity index (χ2v) is 9.33. The van der Waals surface area contributed by atoms with E-state index in [1.165, 1.54) is 0 Å². The third-order valence-corrected chi connectivity index (χ3v) is 6.39. The molecule has 1 fully saturated rings. The van der Waals surface area contributed by atoms with Gasteiger partial charge < -0.3 is 28.6 Å². The van der Waals surface area contributed by atoms with E-state index < -0.39 is 24.7 Å². The summed E-state index contributed by atoms with van der Waals surface area (Å²) in [6, 6.07) is 18.4. The minimum atomic E-state index is -0.898. The molecule has 1 N–H and O–H groups in total. The van der Waals surface area contributed by atoms with Gasteiger partial charge in [-0.25, -0.2) is 4.79 Å². The van der Waals surface area contributed by atoms with Gasteiger partial charge in [0.25, 0.3) is 11.9 Å². The summed E-state index contributed by atoms with van der Waals surface area (Å²) in [6.45, 7) is -0.462. The third kappa shape index (κ3) is 6.56. The normalized spacial score (nSPS) is 18.0. The Bertz CT molecular complexity index is 1300. The Labute approximate surface area is 222 Å². The number of hydrogen-bond acceptors (Lipinski definition) is 7. The highest BCUT2D eigenvalue weighted by Gasteiger charge is 2.33. The number of ether oxygens (including phenoxy) is 3. The lowest BCUT2D eigenvalue weighted by Crippen LogP contribution is -2.32. The number of unbranched alkanes of at least 4 members (excludes halogenated alkanes) is 2. The highest BCUT2D eigenvalue weighted by molar-refractivity contribution is 5.95. The fourth-order valence-electron chi connectivity index (χ4n) is 4.27. The Morgan fingerprint density at radius 2 is 1.84 bits per heavy atom. The van der Waals surface area contributed by atoms with E-state index in [1.807, 2.05) is 48.5 Å². The van der Waals surface area contributed by atoms with Crippen LogP contribution >= 0.6 is 0 Å². The van der Waals surface area contributed by atoms with Gasteiger partial charge in [-0.15, -0.1) is 0 Å². The van der Waals surface area contributed by atoms with Crippen molar-refractivity contribution in [1.29, 1.82) is 0 Å². The molecule has 8 heteroatoms. The minimum absolute atomic E-state index is 0.0307. The Morgan fingerprint density at radius 3 is 2.58 bits per heavy atom. The zero-order valence-corrected chi connectivity index (χ0v) is 21.0. The van der Waals surface area contributed by atoms with Crippen molar-refractivity contribution in [2.75, 3.05) is 6.61 Å². The van der Waals surface area contributed by atoms with Crippen molar-refractivity contribution in [3.05, 3.63) is 90.1 Å². The smallest absolute Gasteiger partial charge is 0.341 e. The number of carbonyl (C=O) groups excluding carboxylic acids is 2. The molecule has 0 bridgehead atoms. The van der Waals surface area contributed by atoms with E-state index in [1.54, 1.807) is 23.3 Å². The zero-order valence-electron chi connectivity index (χ0n) is 22.0. The van der Waals surface area contributed by atoms with E-state index in [0.717, 1.165) is 49.5 Å². The molecule has 2 aliphatic rings. The summed E-state index contributed by atoms with van der Waals surface area (Å²) in [5, 5.41) is 9.38. The van der Waals surface area contributed by atoms with Crippen LogP contribution < -0.4 is 4.74 Å². The molecule has 1 saturated carbocycles. The molecule has 1 aliphatic heterocycles. The van der Waals surface area contributed by atoms with Crippen LogP contribution in [-0.2, 0) is 20.8 Å². The number of aliphatic hydroxyl groups excluding tert-OH is 1. The highest BCUT2D eigenvalue weighted by Crippen LogP contribution is 2.32. The summed E-state index contributed by atoms with van der Waals surface area (Å²) in [5.41, 5.74) is 2.07. The average molecular weight is 519 g/mol. The second-order valence-electron chi connectivity index (χ2n) is 9.33. The standard InChI is InChI=1S/C30H31NO7/c32-27-19-28(33)38-29(37-27)10-2-1-5-17-35-26-8-4-3-7-23(26)20-31(24-15-16-24)30(34)22-13-11-21(12-14-22)25-9-6-18-36-25/h3-4,6-9,11-14,18-19,24,29,32H,1-2,5,10,15-17,20H2/i20D. The number of rotatable bonds is 12. The Balaban J connectivity index is 1.17. The molecule has 198 valence electrons. The number of hydrogen-bond donors (Lipinski definition) is 1. The van der Waals surface area contributed by atoms with Crippen LogP contribution in [0.25, 0.3) is 11.3 Å². The van der Waals surface area contributed by atoms with Gasteiger partial charge in [-0.05, 0) is 62.4 Å². The molecule has 0 spiro atoms. The van der Waals surface area contributed by atoms with Crippen LogP contribution in [-0.4, -0.2) is 40.8 Å². The molecule has 1 aliphatic carbocycles. The molecule has 2 unspecified atom stereocenters. The first-order valence-corrected chi connectivity index (χ1v) is 12.9. The van der Waals surface area contributed by atoms with Crippen LogP contribution in [0.3, 0.4) is 0 Å². The summed E-state index contributed by atoms with van der Waals surface area (Å²) in [7, 11) is 0. The molecular weight excluding hydrogens is 486 g/mol. The number of carbonyl (C=O) groups is 2. The molecule has 2 aromatic carbocycles. The highest BCUT2D eigenvalue weighted by atomic mass is 16.7. The molecule has 0 saturated heterocycles. The van der Waals surface area contributed by atoms with Crippen LogP contribution in [0.2, 0.25) is 0 Å². The van der Waals surface area contributed by atoms with Gasteiger partial charge in [-0.2, -0.15) is 0 Å². The number of cyclic esters (lactones) is 1. The van der Waals surface area contributed by atoms with Crippen LogP contribution in [0.5, 0.6) is 5.75 Å². The quantitative estimate of drug-likeness (QED) is 0.232. The van der Waals surface area contributed by atoms with Gasteiger partial charge in [-0.3, -0.25) is 4.79 Å². The van der Waals surface area contributed by atoms with Gasteiger partial charge in [0.2, 0.25) is 6.29 Å². The van der Waals surface area contributed by atoms with Crippen LogP contribution in [0.4, 0.5) is 0 Å². The summed E-state index contributed by atoms with van der Waals surface area (Å²) < 4.78 is 30.6. The van der Waals surface area contributed by atoms with Crippen LogP contribution in [0.1, 0.15) is 55.8 Å². The topological polar surface area (TPSA) is 98.4 Å². The predicted molar refractivity (Wildman–Crippen MR) is 139 cm³/mol. The fraction of sp³-hybridized carbons (Fsp3) is 0.333. The molecule has 1 aromatic heterocycles. The molecule has 3 aromatic rings. The fourth-order valence-corrected chi connectivity index (χ4v) is 4.27. The molecule has 2 atom stereocenters. The van der Waals surface area contributed by atoms with Crippen LogP contribution in [0.15, 0.2) is 83.4 Å². The number of amides is 1. The van der Waals surface area contributed by atoms with E-state index >= 15 is 0 Å². The molecule has 5 rings (SSSR count). The average Bonchev–Trinajstić information content (AvgIpc) is 3.61. The Hall–Kier alpha value is -4.20. The van der Waals surface area contributed by atoms with E-state index in [-0.39, 0.29) is 11.9 Å². The lowest BCUT2D eigenvalue weighted by molar-refractivity contribution is -0.183. The zero-order chi connectivity index (χ0) is 27.2. The summed E-state index contributed by atoms with van der Waals surface area (Å²) in [6.07, 6.45) is 6.22. The maximum absolute atomic E-state index is 13.5. The number of nitrogens with zero attached hydrogens (tertiary/aromatic N) is 1. The molecule has 38 heavy (non-hydrogen) atoms. The lowest BCUT2D eigenvalue weighted by atomic mass is 10.1. The predicted octanol–water partition coefficient (Wildman–Crippen LogP) is 5.99. The maximum Gasteiger partial charge on any atom is 0.341 e. The Kier molecular flexibility index (Phi) is 7.56. The van der Waals surface area contributed by atoms with Gasteiger partial charge in [0.15, 0.2) is 0 Å². The van der Waals surface area contributed by atoms with Crippen LogP contribution in [0, 0.1) is 0 Å². The van der Waals surface area contributed by atoms with Gasteiger partial charge >= 0.3 is 5.97 Å². The first kappa shape index (κ1) is 24.2. The number of para-hydroxylation sites is 1. The summed E-state index contributed by atoms with van der Waals surface area (Å²) in [5.74, 6) is 0.109. The van der Waals surface area contributed by atoms with Gasteiger partial charge in [0.05, 0.1) is 14.2 Å². The van der Waals surface area contributed by atoms with Crippen molar-refractivity contribution in [1.82, 2.24) is 4.90 Å². The van der Waals surface area contributed by atoms with Crippen molar-refractivity contribution in [2.24, 2.45) is 0 Å². The van der Waals surface area contributed by atoms with Gasteiger partial charge in [0.1, 0.15) is 17.6 Å². The number of esters is 1. The first-order chi connectivity index (χ1) is 19.0. The van der Waals surface area contributed by atoms with E-state index in [4.69, 9.17) is 20.0 Å². The number of benzene rings is 2. The lowest BCUT2D eigenvalue weighted by Gasteiger charge is -2.24. The van der Waals surface area contributed by atoms with Crippen molar-refractivity contribution in [2.45, 2.75) is 57.4 Å². The molecule has 8 nitrogen and oxygen atoms in total. The second kappa shape index (κ2) is 11.9. The third-order valence-electron chi connectivity index (χ3n) is 6.39.